The van der Waals surface area contributed by atoms with E-state index in [9.17, 15) is 9.59 Å². The molecule has 0 saturated heterocycles. The summed E-state index contributed by atoms with van der Waals surface area (Å²) in [5.41, 5.74) is 1.17. The Hall–Kier alpha value is -1.06. The number of esters is 2. The van der Waals surface area contributed by atoms with E-state index < -0.39 is 0 Å². The van der Waals surface area contributed by atoms with E-state index in [0.29, 0.717) is 34.5 Å². The third-order valence-electron chi connectivity index (χ3n) is 14.5. The third-order valence-corrected chi connectivity index (χ3v) is 14.5. The molecule has 0 N–H and O–H groups in total. The summed E-state index contributed by atoms with van der Waals surface area (Å²) in [5.74, 6) is 2.18. The number of hydrogen-bond acceptors (Lipinski definition) is 4. The van der Waals surface area contributed by atoms with Crippen LogP contribution in [-0.4, -0.2) is 24.1 Å². The summed E-state index contributed by atoms with van der Waals surface area (Å²) >= 11 is 0. The average Bonchev–Trinajstić information content (AvgIpc) is 2.78. The SMILES string of the molecule is CC(=O)O[C@@H]1[C@H]2CC[C@@]3(C)[C@@H](CC[C@H]4[C@@]5(C)CC[C@H](OC(C)=O)C(C)(C)[C@@H]5CC[C@@]43C)[C@]2(C)CCC1(C)C. The summed E-state index contributed by atoms with van der Waals surface area (Å²) < 4.78 is 12.1. The fraction of sp³-hybridized carbons (Fsp3) is 0.941. The molecule has 38 heavy (non-hydrogen) atoms. The van der Waals surface area contributed by atoms with Crippen LogP contribution < -0.4 is 0 Å². The monoisotopic (exact) mass is 528 g/mol. The standard InChI is InChI=1S/C34H56O4/c1-21(35)37-27-15-16-32(8)24(30(27,5)6)14-18-34(10)26(32)12-11-25-31(7)20-19-29(3,4)28(38-22(2)36)23(31)13-17-33(25,34)9/h23-28H,11-20H2,1-10H3/t23-,24+,25+,26+,27+,28-,31-,32+,33+,34+/m1/s1. The first-order chi connectivity index (χ1) is 17.4. The zero-order valence-corrected chi connectivity index (χ0v) is 26.2. The maximum Gasteiger partial charge on any atom is 0.302 e. The highest BCUT2D eigenvalue weighted by atomic mass is 16.5. The second-order valence-corrected chi connectivity index (χ2v) is 16.7. The van der Waals surface area contributed by atoms with Crippen LogP contribution in [0.5, 0.6) is 0 Å². The molecule has 4 nitrogen and oxygen atoms in total. The Morgan fingerprint density at radius 3 is 1.71 bits per heavy atom. The zero-order valence-electron chi connectivity index (χ0n) is 26.2. The molecule has 0 aliphatic heterocycles. The number of carbonyl (C=O) groups is 2. The van der Waals surface area contributed by atoms with Gasteiger partial charge in [0.25, 0.3) is 0 Å². The molecule has 0 aromatic rings. The third kappa shape index (κ3) is 3.73. The molecular weight excluding hydrogens is 472 g/mol. The molecule has 0 unspecified atom stereocenters. The lowest BCUT2D eigenvalue weighted by atomic mass is 9.30. The van der Waals surface area contributed by atoms with Crippen LogP contribution in [-0.2, 0) is 19.1 Å². The number of hydrogen-bond donors (Lipinski definition) is 0. The Morgan fingerprint density at radius 2 is 1.13 bits per heavy atom. The van der Waals surface area contributed by atoms with Gasteiger partial charge in [0.1, 0.15) is 12.2 Å². The van der Waals surface area contributed by atoms with Gasteiger partial charge < -0.3 is 9.47 Å². The highest BCUT2D eigenvalue weighted by Gasteiger charge is 2.71. The summed E-state index contributed by atoms with van der Waals surface area (Å²) in [6.07, 6.45) is 12.2. The van der Waals surface area contributed by atoms with Gasteiger partial charge in [-0.15, -0.1) is 0 Å². The van der Waals surface area contributed by atoms with Crippen LogP contribution in [0.3, 0.4) is 0 Å². The van der Waals surface area contributed by atoms with Gasteiger partial charge in [0.05, 0.1) is 0 Å². The van der Waals surface area contributed by atoms with Gasteiger partial charge in [0, 0.05) is 30.6 Å². The van der Waals surface area contributed by atoms with Crippen LogP contribution in [0.4, 0.5) is 0 Å². The van der Waals surface area contributed by atoms with Gasteiger partial charge in [-0.2, -0.15) is 0 Å². The molecule has 216 valence electrons. The van der Waals surface area contributed by atoms with Crippen molar-refractivity contribution in [3.8, 4) is 0 Å². The first-order valence-electron chi connectivity index (χ1n) is 15.8. The lowest BCUT2D eigenvalue weighted by Crippen LogP contribution is -2.69. The first-order valence-corrected chi connectivity index (χ1v) is 15.8. The minimum atomic E-state index is -0.131. The van der Waals surface area contributed by atoms with Crippen LogP contribution in [0.15, 0.2) is 0 Å². The summed E-state index contributed by atoms with van der Waals surface area (Å²) in [6.45, 7) is 23.1. The van der Waals surface area contributed by atoms with E-state index >= 15 is 0 Å². The lowest BCUT2D eigenvalue weighted by molar-refractivity contribution is -0.271. The smallest absolute Gasteiger partial charge is 0.302 e. The molecule has 5 fully saturated rings. The van der Waals surface area contributed by atoms with Crippen molar-refractivity contribution in [2.24, 2.45) is 56.2 Å². The fourth-order valence-electron chi connectivity index (χ4n) is 12.4. The average molecular weight is 529 g/mol. The quantitative estimate of drug-likeness (QED) is 0.338. The van der Waals surface area contributed by atoms with Crippen molar-refractivity contribution in [2.45, 2.75) is 146 Å². The van der Waals surface area contributed by atoms with Gasteiger partial charge in [-0.3, -0.25) is 9.59 Å². The van der Waals surface area contributed by atoms with Crippen molar-refractivity contribution in [3.63, 3.8) is 0 Å². The van der Waals surface area contributed by atoms with Crippen molar-refractivity contribution in [3.05, 3.63) is 0 Å². The van der Waals surface area contributed by atoms with Crippen molar-refractivity contribution in [2.75, 3.05) is 0 Å². The molecule has 10 atom stereocenters. The zero-order chi connectivity index (χ0) is 28.1. The summed E-state index contributed by atoms with van der Waals surface area (Å²) in [7, 11) is 0. The van der Waals surface area contributed by atoms with E-state index in [0.717, 1.165) is 12.8 Å². The predicted octanol–water partition coefficient (Wildman–Crippen LogP) is 8.36. The molecule has 0 radical (unpaired) electrons. The molecular formula is C34H56O4. The molecule has 5 aliphatic rings. The molecule has 0 amide bonds. The van der Waals surface area contributed by atoms with Crippen LogP contribution in [0.1, 0.15) is 133 Å². The van der Waals surface area contributed by atoms with Crippen LogP contribution in [0.25, 0.3) is 0 Å². The number of fused-ring (bicyclic) bond motifs is 7. The van der Waals surface area contributed by atoms with Gasteiger partial charge in [-0.25, -0.2) is 0 Å². The lowest BCUT2D eigenvalue weighted by Gasteiger charge is -2.74. The normalized spacial score (nSPS) is 50.9. The summed E-state index contributed by atoms with van der Waals surface area (Å²) in [5, 5.41) is 0. The van der Waals surface area contributed by atoms with E-state index in [1.54, 1.807) is 13.8 Å². The van der Waals surface area contributed by atoms with Crippen molar-refractivity contribution >= 4 is 11.9 Å². The number of rotatable bonds is 2. The number of carbonyl (C=O) groups excluding carboxylic acids is 2. The molecule has 5 saturated carbocycles. The van der Waals surface area contributed by atoms with E-state index in [1.165, 1.54) is 51.4 Å². The largest absolute Gasteiger partial charge is 0.462 e. The Morgan fingerprint density at radius 1 is 0.579 bits per heavy atom. The van der Waals surface area contributed by atoms with E-state index in [1.807, 2.05) is 0 Å². The highest BCUT2D eigenvalue weighted by Crippen LogP contribution is 2.77. The number of ether oxygens (including phenoxy) is 2. The minimum absolute atomic E-state index is 0.00754. The predicted molar refractivity (Wildman–Crippen MR) is 151 cm³/mol. The molecule has 4 heteroatoms. The van der Waals surface area contributed by atoms with Crippen molar-refractivity contribution < 1.29 is 19.1 Å². The van der Waals surface area contributed by atoms with Crippen molar-refractivity contribution in [1.82, 2.24) is 0 Å². The van der Waals surface area contributed by atoms with Crippen LogP contribution in [0.2, 0.25) is 0 Å². The molecule has 0 heterocycles. The minimum Gasteiger partial charge on any atom is -0.462 e. The molecule has 5 aliphatic carbocycles. The Bertz CT molecular complexity index is 983. The Kier molecular flexibility index (Phi) is 6.53. The molecule has 0 aromatic heterocycles. The maximum absolute atomic E-state index is 12.2. The summed E-state index contributed by atoms with van der Waals surface area (Å²) in [4.78, 5) is 24.2. The van der Waals surface area contributed by atoms with Gasteiger partial charge >= 0.3 is 11.9 Å². The van der Waals surface area contributed by atoms with Gasteiger partial charge in [-0.05, 0) is 104 Å². The van der Waals surface area contributed by atoms with Gasteiger partial charge in [0.15, 0.2) is 0 Å². The molecule has 0 aromatic carbocycles. The first kappa shape index (κ1) is 28.5. The molecule has 0 bridgehead atoms. The van der Waals surface area contributed by atoms with Gasteiger partial charge in [-0.1, -0.05) is 55.4 Å². The van der Waals surface area contributed by atoms with Crippen LogP contribution >= 0.6 is 0 Å². The Labute approximate surface area is 232 Å². The fourth-order valence-corrected chi connectivity index (χ4v) is 12.4. The van der Waals surface area contributed by atoms with Crippen molar-refractivity contribution in [1.29, 1.82) is 0 Å². The second kappa shape index (κ2) is 8.72. The molecule has 0 spiro atoms. The second-order valence-electron chi connectivity index (χ2n) is 16.7. The van der Waals surface area contributed by atoms with E-state index in [2.05, 4.69) is 55.4 Å². The Balaban J connectivity index is 1.48. The maximum atomic E-state index is 12.2. The van der Waals surface area contributed by atoms with Gasteiger partial charge in [0.2, 0.25) is 0 Å². The molecule has 5 rings (SSSR count). The van der Waals surface area contributed by atoms with Crippen LogP contribution in [0, 0.1) is 56.2 Å². The van der Waals surface area contributed by atoms with E-state index in [4.69, 9.17) is 9.47 Å². The highest BCUT2D eigenvalue weighted by molar-refractivity contribution is 5.66. The topological polar surface area (TPSA) is 52.6 Å². The summed E-state index contributed by atoms with van der Waals surface area (Å²) in [6, 6.07) is 0. The van der Waals surface area contributed by atoms with E-state index in [-0.39, 0.29) is 45.8 Å².